The van der Waals surface area contributed by atoms with Crippen LogP contribution >= 0.6 is 11.6 Å². The number of benzene rings is 1. The summed E-state index contributed by atoms with van der Waals surface area (Å²) in [5.74, 6) is 0.730. The van der Waals surface area contributed by atoms with Gasteiger partial charge in [0, 0.05) is 30.2 Å². The van der Waals surface area contributed by atoms with Crippen molar-refractivity contribution < 1.29 is 14.3 Å². The molecule has 0 spiro atoms. The van der Waals surface area contributed by atoms with E-state index in [2.05, 4.69) is 5.32 Å². The fraction of sp³-hybridized carbons (Fsp3) is 0.632. The molecule has 25 heavy (non-hydrogen) atoms. The number of hydrogen-bond donors (Lipinski definition) is 1. The molecule has 2 amide bonds. The molecule has 1 N–H and O–H groups in total. The second kappa shape index (κ2) is 8.77. The number of nitrogens with zero attached hydrogens (tertiary/aromatic N) is 1. The molecule has 1 aliphatic heterocycles. The average Bonchev–Trinajstić information content (AvgIpc) is 3.13. The summed E-state index contributed by atoms with van der Waals surface area (Å²) in [4.78, 5) is 14.3. The van der Waals surface area contributed by atoms with Gasteiger partial charge in [0.15, 0.2) is 0 Å². The minimum absolute atomic E-state index is 0.0404. The highest BCUT2D eigenvalue weighted by Crippen LogP contribution is 2.26. The normalized spacial score (nSPS) is 19.2. The first kappa shape index (κ1) is 18.3. The van der Waals surface area contributed by atoms with E-state index in [0.29, 0.717) is 23.8 Å². The van der Waals surface area contributed by atoms with Gasteiger partial charge in [-0.3, -0.25) is 0 Å². The summed E-state index contributed by atoms with van der Waals surface area (Å²) in [5, 5.41) is 3.60. The molecule has 1 saturated carbocycles. The summed E-state index contributed by atoms with van der Waals surface area (Å²) in [5.41, 5.74) is 0.878. The molecular weight excluding hydrogens is 340 g/mol. The number of nitrogens with one attached hydrogen (secondary N) is 1. The maximum absolute atomic E-state index is 12.4. The number of rotatable bonds is 5. The van der Waals surface area contributed by atoms with E-state index in [1.165, 1.54) is 25.7 Å². The van der Waals surface area contributed by atoms with Crippen LogP contribution in [0.3, 0.4) is 0 Å². The van der Waals surface area contributed by atoms with Crippen molar-refractivity contribution in [2.24, 2.45) is 0 Å². The maximum Gasteiger partial charge on any atom is 0.317 e. The van der Waals surface area contributed by atoms with Crippen molar-refractivity contribution in [3.05, 3.63) is 28.8 Å². The number of carbonyl (C=O) groups excluding carboxylic acids is 1. The van der Waals surface area contributed by atoms with E-state index in [0.717, 1.165) is 37.2 Å². The van der Waals surface area contributed by atoms with E-state index in [-0.39, 0.29) is 6.03 Å². The van der Waals surface area contributed by atoms with Gasteiger partial charge in [-0.05, 0) is 43.9 Å². The smallest absolute Gasteiger partial charge is 0.317 e. The lowest BCUT2D eigenvalue weighted by molar-refractivity contribution is -0.0338. The average molecular weight is 367 g/mol. The molecule has 0 radical (unpaired) electrons. The van der Waals surface area contributed by atoms with Gasteiger partial charge in [0.25, 0.3) is 0 Å². The van der Waals surface area contributed by atoms with Gasteiger partial charge in [-0.15, -0.1) is 0 Å². The van der Waals surface area contributed by atoms with Crippen molar-refractivity contribution in [3.63, 3.8) is 0 Å². The summed E-state index contributed by atoms with van der Waals surface area (Å²) < 4.78 is 11.5. The van der Waals surface area contributed by atoms with Crippen LogP contribution in [0.25, 0.3) is 0 Å². The molecule has 1 aromatic carbocycles. The zero-order chi connectivity index (χ0) is 17.6. The number of amides is 2. The molecular formula is C19H27ClN2O3. The third-order valence-corrected chi connectivity index (χ3v) is 5.32. The molecule has 1 aliphatic carbocycles. The number of carbonyl (C=O) groups is 1. The minimum atomic E-state index is -0.0404. The molecule has 2 aliphatic rings. The van der Waals surface area contributed by atoms with Crippen molar-refractivity contribution in [3.8, 4) is 5.75 Å². The number of likely N-dealkylation sites (tertiary alicyclic amines) is 1. The summed E-state index contributed by atoms with van der Waals surface area (Å²) in [7, 11) is 1.61. The Hall–Kier alpha value is -1.46. The number of methoxy groups -OCH3 is 1. The van der Waals surface area contributed by atoms with Gasteiger partial charge in [-0.25, -0.2) is 4.79 Å². The summed E-state index contributed by atoms with van der Waals surface area (Å²) >= 11 is 6.03. The van der Waals surface area contributed by atoms with Crippen LogP contribution in [0.4, 0.5) is 4.79 Å². The van der Waals surface area contributed by atoms with Crippen LogP contribution in [-0.4, -0.2) is 43.3 Å². The van der Waals surface area contributed by atoms with Crippen LogP contribution in [0.1, 0.15) is 44.1 Å². The largest absolute Gasteiger partial charge is 0.496 e. The van der Waals surface area contributed by atoms with Gasteiger partial charge in [-0.2, -0.15) is 0 Å². The lowest BCUT2D eigenvalue weighted by Gasteiger charge is -2.33. The molecule has 6 heteroatoms. The van der Waals surface area contributed by atoms with Crippen LogP contribution < -0.4 is 10.1 Å². The number of ether oxygens (including phenoxy) is 2. The highest BCUT2D eigenvalue weighted by molar-refractivity contribution is 6.30. The molecule has 1 heterocycles. The van der Waals surface area contributed by atoms with Crippen LogP contribution in [-0.2, 0) is 11.3 Å². The lowest BCUT2D eigenvalue weighted by atomic mass is 10.1. The Labute approximate surface area is 154 Å². The van der Waals surface area contributed by atoms with E-state index < -0.39 is 0 Å². The number of piperidine rings is 1. The molecule has 2 fully saturated rings. The zero-order valence-electron chi connectivity index (χ0n) is 14.8. The van der Waals surface area contributed by atoms with Crippen LogP contribution in [0.5, 0.6) is 5.75 Å². The van der Waals surface area contributed by atoms with Crippen molar-refractivity contribution in [1.82, 2.24) is 10.2 Å². The maximum atomic E-state index is 12.4. The minimum Gasteiger partial charge on any atom is -0.496 e. The van der Waals surface area contributed by atoms with Crippen LogP contribution in [0.15, 0.2) is 18.2 Å². The second-order valence-corrected chi connectivity index (χ2v) is 7.28. The fourth-order valence-corrected chi connectivity index (χ4v) is 3.85. The first-order chi connectivity index (χ1) is 12.2. The van der Waals surface area contributed by atoms with Gasteiger partial charge in [0.1, 0.15) is 5.75 Å². The third kappa shape index (κ3) is 5.02. The Morgan fingerprint density at radius 3 is 2.56 bits per heavy atom. The van der Waals surface area contributed by atoms with Gasteiger partial charge in [-0.1, -0.05) is 24.4 Å². The molecule has 138 valence electrons. The van der Waals surface area contributed by atoms with Gasteiger partial charge in [0.2, 0.25) is 0 Å². The topological polar surface area (TPSA) is 50.8 Å². The first-order valence-corrected chi connectivity index (χ1v) is 9.54. The number of urea groups is 1. The van der Waals surface area contributed by atoms with E-state index in [1.807, 2.05) is 17.0 Å². The Kier molecular flexibility index (Phi) is 6.43. The molecule has 5 nitrogen and oxygen atoms in total. The van der Waals surface area contributed by atoms with Crippen LogP contribution in [0, 0.1) is 0 Å². The SMILES string of the molecule is COc1ccc(Cl)cc1CNC(=O)N1CCC(OC2CCCC2)CC1. The van der Waals surface area contributed by atoms with Crippen molar-refractivity contribution in [1.29, 1.82) is 0 Å². The monoisotopic (exact) mass is 366 g/mol. The highest BCUT2D eigenvalue weighted by Gasteiger charge is 2.26. The molecule has 0 aromatic heterocycles. The number of hydrogen-bond acceptors (Lipinski definition) is 3. The predicted octanol–water partition coefficient (Wildman–Crippen LogP) is 3.98. The first-order valence-electron chi connectivity index (χ1n) is 9.16. The summed E-state index contributed by atoms with van der Waals surface area (Å²) in [6.45, 7) is 1.90. The second-order valence-electron chi connectivity index (χ2n) is 6.84. The predicted molar refractivity (Wildman–Crippen MR) is 98.2 cm³/mol. The van der Waals surface area contributed by atoms with Crippen molar-refractivity contribution >= 4 is 17.6 Å². The number of halogens is 1. The Bertz CT molecular complexity index is 582. The van der Waals surface area contributed by atoms with Crippen molar-refractivity contribution in [2.45, 2.75) is 57.3 Å². The van der Waals surface area contributed by atoms with Gasteiger partial charge < -0.3 is 19.7 Å². The van der Waals surface area contributed by atoms with Crippen LogP contribution in [0.2, 0.25) is 5.02 Å². The third-order valence-electron chi connectivity index (χ3n) is 5.09. The van der Waals surface area contributed by atoms with E-state index in [9.17, 15) is 4.79 Å². The molecule has 0 unspecified atom stereocenters. The van der Waals surface area contributed by atoms with E-state index >= 15 is 0 Å². The molecule has 0 atom stereocenters. The lowest BCUT2D eigenvalue weighted by Crippen LogP contribution is -2.46. The van der Waals surface area contributed by atoms with E-state index in [1.54, 1.807) is 13.2 Å². The van der Waals surface area contributed by atoms with E-state index in [4.69, 9.17) is 21.1 Å². The highest BCUT2D eigenvalue weighted by atomic mass is 35.5. The molecule has 1 aromatic rings. The molecule has 0 bridgehead atoms. The summed E-state index contributed by atoms with van der Waals surface area (Å²) in [6, 6.07) is 5.38. The molecule has 1 saturated heterocycles. The van der Waals surface area contributed by atoms with Gasteiger partial charge >= 0.3 is 6.03 Å². The summed E-state index contributed by atoms with van der Waals surface area (Å²) in [6.07, 6.45) is 7.57. The Morgan fingerprint density at radius 2 is 1.88 bits per heavy atom. The fourth-order valence-electron chi connectivity index (χ4n) is 3.66. The molecule has 3 rings (SSSR count). The zero-order valence-corrected chi connectivity index (χ0v) is 15.6. The Balaban J connectivity index is 1.44. The standard InChI is InChI=1S/C19H27ClN2O3/c1-24-18-7-6-15(20)12-14(18)13-21-19(23)22-10-8-17(9-11-22)25-16-4-2-3-5-16/h6-7,12,16-17H,2-5,8-11,13H2,1H3,(H,21,23). The van der Waals surface area contributed by atoms with Gasteiger partial charge in [0.05, 0.1) is 19.3 Å². The quantitative estimate of drug-likeness (QED) is 0.857. The van der Waals surface area contributed by atoms with Crippen molar-refractivity contribution in [2.75, 3.05) is 20.2 Å². The Morgan fingerprint density at radius 1 is 1.20 bits per heavy atom.